The molecular weight excluding hydrogens is 271 g/mol. The molecule has 68 valence electrons. The lowest BCUT2D eigenvalue weighted by Gasteiger charge is -2.35. The van der Waals surface area contributed by atoms with Gasteiger partial charge in [-0.3, -0.25) is 9.59 Å². The molecule has 1 rings (SSSR count). The first-order valence-electron chi connectivity index (χ1n) is 4.00. The van der Waals surface area contributed by atoms with Gasteiger partial charge in [-0.25, -0.2) is 0 Å². The van der Waals surface area contributed by atoms with E-state index in [0.29, 0.717) is 19.4 Å². The Kier molecular flexibility index (Phi) is 3.09. The zero-order valence-electron chi connectivity index (χ0n) is 6.93. The summed E-state index contributed by atoms with van der Waals surface area (Å²) in [5.41, 5.74) is -0.781. The predicted octanol–water partition coefficient (Wildman–Crippen LogP) is 1.68. The smallest absolute Gasteiger partial charge is 0.320 e. The van der Waals surface area contributed by atoms with Crippen molar-refractivity contribution in [1.29, 1.82) is 0 Å². The number of esters is 1. The molecule has 1 aliphatic rings. The lowest BCUT2D eigenvalue weighted by molar-refractivity contribution is -0.162. The minimum absolute atomic E-state index is 0.0789. The number of carbonyl (C=O) groups excluding carboxylic acids is 2. The van der Waals surface area contributed by atoms with Gasteiger partial charge in [0.1, 0.15) is 5.41 Å². The fraction of sp³-hybridized carbons (Fsp3) is 0.750. The van der Waals surface area contributed by atoms with Crippen molar-refractivity contribution in [3.63, 3.8) is 0 Å². The van der Waals surface area contributed by atoms with Gasteiger partial charge in [0.2, 0.25) is 3.79 Å². The monoisotopic (exact) mass is 282 g/mol. The summed E-state index contributed by atoms with van der Waals surface area (Å²) in [6.45, 7) is 2.10. The fourth-order valence-electron chi connectivity index (χ4n) is 1.28. The maximum Gasteiger partial charge on any atom is 0.320 e. The van der Waals surface area contributed by atoms with E-state index in [4.69, 9.17) is 4.74 Å². The highest BCUT2D eigenvalue weighted by Crippen LogP contribution is 2.44. The van der Waals surface area contributed by atoms with Gasteiger partial charge in [-0.15, -0.1) is 0 Å². The lowest BCUT2D eigenvalue weighted by atomic mass is 9.70. The second-order valence-electron chi connectivity index (χ2n) is 2.93. The first kappa shape index (κ1) is 9.95. The zero-order chi connectivity index (χ0) is 9.19. The third-order valence-electron chi connectivity index (χ3n) is 2.25. The molecule has 0 aromatic carbocycles. The minimum Gasteiger partial charge on any atom is -0.465 e. The Hall–Kier alpha value is -0.130. The molecule has 0 radical (unpaired) electrons. The normalized spacial score (nSPS) is 19.5. The van der Waals surface area contributed by atoms with E-state index >= 15 is 0 Å². The molecule has 0 spiro atoms. The molecule has 0 atom stereocenters. The Morgan fingerprint density at radius 2 is 2.08 bits per heavy atom. The van der Waals surface area contributed by atoms with Crippen LogP contribution in [-0.4, -0.2) is 16.4 Å². The molecule has 4 heteroatoms. The van der Waals surface area contributed by atoms with Crippen LogP contribution in [0.5, 0.6) is 0 Å². The molecule has 0 amide bonds. The van der Waals surface area contributed by atoms with Crippen LogP contribution in [0.4, 0.5) is 0 Å². The summed E-state index contributed by atoms with van der Waals surface area (Å²) in [4.78, 5) is 22.5. The van der Waals surface area contributed by atoms with Crippen LogP contribution in [0.1, 0.15) is 26.2 Å². The molecule has 12 heavy (non-hydrogen) atoms. The zero-order valence-corrected chi connectivity index (χ0v) is 9.09. The van der Waals surface area contributed by atoms with Crippen LogP contribution < -0.4 is 0 Å². The molecule has 0 unspecified atom stereocenters. The summed E-state index contributed by atoms with van der Waals surface area (Å²) in [5.74, 6) is -0.337. The topological polar surface area (TPSA) is 43.4 Å². The predicted molar refractivity (Wildman–Crippen MR) is 51.9 cm³/mol. The molecule has 0 saturated heterocycles. The lowest BCUT2D eigenvalue weighted by Crippen LogP contribution is -2.44. The van der Waals surface area contributed by atoms with E-state index in [1.165, 1.54) is 0 Å². The van der Waals surface area contributed by atoms with Crippen molar-refractivity contribution < 1.29 is 14.3 Å². The van der Waals surface area contributed by atoms with Gasteiger partial charge in [0, 0.05) is 22.6 Å². The number of carbonyl (C=O) groups is 2. The fourth-order valence-corrected chi connectivity index (χ4v) is 2.04. The quantitative estimate of drug-likeness (QED) is 0.342. The van der Waals surface area contributed by atoms with Crippen molar-refractivity contribution >= 4 is 32.4 Å². The number of ether oxygens (including phenoxy) is 1. The summed E-state index contributed by atoms with van der Waals surface area (Å²) >= 11 is 1.69. The Labute approximate surface area is 85.0 Å². The van der Waals surface area contributed by atoms with E-state index in [-0.39, 0.29) is 9.76 Å². The van der Waals surface area contributed by atoms with E-state index < -0.39 is 5.41 Å². The summed E-state index contributed by atoms with van der Waals surface area (Å²) in [7, 11) is 0. The van der Waals surface area contributed by atoms with Crippen molar-refractivity contribution in [3.8, 4) is 0 Å². The van der Waals surface area contributed by atoms with Gasteiger partial charge in [-0.05, 0) is 19.8 Å². The number of hydrogen-bond donors (Lipinski definition) is 0. The molecule has 0 aromatic rings. The van der Waals surface area contributed by atoms with Crippen LogP contribution in [0.3, 0.4) is 0 Å². The van der Waals surface area contributed by atoms with Crippen molar-refractivity contribution in [1.82, 2.24) is 0 Å². The number of rotatable bonds is 3. The van der Waals surface area contributed by atoms with Crippen molar-refractivity contribution in [2.75, 3.05) is 6.61 Å². The SMILES string of the molecule is CCOC(=O)C1(C(=O)I)CCC1. The molecule has 0 aliphatic heterocycles. The van der Waals surface area contributed by atoms with Gasteiger partial charge in [-0.1, -0.05) is 6.42 Å². The van der Waals surface area contributed by atoms with Crippen LogP contribution in [0, 0.1) is 5.41 Å². The molecular formula is C8H11IO3. The van der Waals surface area contributed by atoms with Crippen LogP contribution in [-0.2, 0) is 14.3 Å². The maximum absolute atomic E-state index is 11.3. The summed E-state index contributed by atoms with van der Waals surface area (Å²) in [5, 5.41) is 0. The third-order valence-corrected chi connectivity index (χ3v) is 3.28. The van der Waals surface area contributed by atoms with E-state index in [2.05, 4.69) is 0 Å². The molecule has 0 bridgehead atoms. The summed E-state index contributed by atoms with van der Waals surface area (Å²) in [6, 6.07) is 0. The highest BCUT2D eigenvalue weighted by molar-refractivity contribution is 14.1. The highest BCUT2D eigenvalue weighted by atomic mass is 127. The second kappa shape index (κ2) is 3.72. The van der Waals surface area contributed by atoms with Crippen LogP contribution in [0.15, 0.2) is 0 Å². The second-order valence-corrected chi connectivity index (χ2v) is 3.91. The minimum atomic E-state index is -0.781. The van der Waals surface area contributed by atoms with Gasteiger partial charge in [0.15, 0.2) is 0 Å². The van der Waals surface area contributed by atoms with E-state index in [0.717, 1.165) is 6.42 Å². The molecule has 3 nitrogen and oxygen atoms in total. The summed E-state index contributed by atoms with van der Waals surface area (Å²) < 4.78 is 4.77. The first-order valence-corrected chi connectivity index (χ1v) is 5.08. The average Bonchev–Trinajstić information content (AvgIpc) is 1.83. The Balaban J connectivity index is 2.67. The van der Waals surface area contributed by atoms with E-state index in [9.17, 15) is 9.59 Å². The van der Waals surface area contributed by atoms with Gasteiger partial charge < -0.3 is 4.74 Å². The Bertz CT molecular complexity index is 208. The van der Waals surface area contributed by atoms with Crippen molar-refractivity contribution in [3.05, 3.63) is 0 Å². The standard InChI is InChI=1S/C8H11IO3/c1-2-12-7(11)8(6(9)10)4-3-5-8/h2-5H2,1H3. The molecule has 1 aliphatic carbocycles. The van der Waals surface area contributed by atoms with E-state index in [1.54, 1.807) is 29.5 Å². The van der Waals surface area contributed by atoms with Crippen molar-refractivity contribution in [2.24, 2.45) is 5.41 Å². The van der Waals surface area contributed by atoms with E-state index in [1.807, 2.05) is 0 Å². The first-order chi connectivity index (χ1) is 5.63. The number of hydrogen-bond acceptors (Lipinski definition) is 3. The van der Waals surface area contributed by atoms with Crippen LogP contribution in [0.25, 0.3) is 0 Å². The van der Waals surface area contributed by atoms with Gasteiger partial charge >= 0.3 is 5.97 Å². The average molecular weight is 282 g/mol. The third kappa shape index (κ3) is 1.48. The Morgan fingerprint density at radius 1 is 1.50 bits per heavy atom. The van der Waals surface area contributed by atoms with Crippen LogP contribution in [0.2, 0.25) is 0 Å². The molecule has 1 saturated carbocycles. The number of halogens is 1. The Morgan fingerprint density at radius 3 is 2.33 bits per heavy atom. The molecule has 0 aromatic heterocycles. The summed E-state index contributed by atoms with van der Waals surface area (Å²) in [6.07, 6.45) is 2.27. The van der Waals surface area contributed by atoms with Gasteiger partial charge in [0.25, 0.3) is 0 Å². The molecule has 0 N–H and O–H groups in total. The molecule has 0 heterocycles. The van der Waals surface area contributed by atoms with Crippen LogP contribution >= 0.6 is 22.6 Å². The molecule has 1 fully saturated rings. The van der Waals surface area contributed by atoms with Crippen molar-refractivity contribution in [2.45, 2.75) is 26.2 Å². The van der Waals surface area contributed by atoms with Gasteiger partial charge in [-0.2, -0.15) is 0 Å². The van der Waals surface area contributed by atoms with Gasteiger partial charge in [0.05, 0.1) is 6.61 Å². The highest BCUT2D eigenvalue weighted by Gasteiger charge is 2.50. The largest absolute Gasteiger partial charge is 0.465 e. The maximum atomic E-state index is 11.3.